The van der Waals surface area contributed by atoms with E-state index in [9.17, 15) is 4.39 Å². The van der Waals surface area contributed by atoms with Crippen LogP contribution in [0.2, 0.25) is 5.02 Å². The van der Waals surface area contributed by atoms with E-state index in [1.807, 2.05) is 12.1 Å². The second kappa shape index (κ2) is 6.38. The zero-order valence-corrected chi connectivity index (χ0v) is 12.8. The van der Waals surface area contributed by atoms with Gasteiger partial charge in [-0.1, -0.05) is 43.6 Å². The van der Waals surface area contributed by atoms with Crippen molar-refractivity contribution < 1.29 is 4.39 Å². The van der Waals surface area contributed by atoms with E-state index in [0.29, 0.717) is 16.6 Å². The van der Waals surface area contributed by atoms with Gasteiger partial charge < -0.3 is 5.32 Å². The lowest BCUT2D eigenvalue weighted by atomic mass is 10.0. The lowest BCUT2D eigenvalue weighted by Gasteiger charge is -2.11. The molecule has 2 rings (SSSR count). The summed E-state index contributed by atoms with van der Waals surface area (Å²) < 4.78 is 13.5. The topological polar surface area (TPSA) is 12.0 Å². The van der Waals surface area contributed by atoms with E-state index in [0.717, 1.165) is 17.7 Å². The Hall–Kier alpha value is -1.38. The number of nitrogens with one attached hydrogen (secondary N) is 1. The minimum Gasteiger partial charge on any atom is -0.310 e. The zero-order chi connectivity index (χ0) is 14.7. The van der Waals surface area contributed by atoms with Crippen molar-refractivity contribution in [2.24, 2.45) is 0 Å². The third kappa shape index (κ3) is 3.59. The van der Waals surface area contributed by atoms with Gasteiger partial charge in [0.2, 0.25) is 0 Å². The summed E-state index contributed by atoms with van der Waals surface area (Å²) >= 11 is 6.16. The molecule has 106 valence electrons. The fourth-order valence-electron chi connectivity index (χ4n) is 2.05. The van der Waals surface area contributed by atoms with Gasteiger partial charge in [0.25, 0.3) is 0 Å². The maximum atomic E-state index is 13.5. The van der Waals surface area contributed by atoms with Crippen LogP contribution < -0.4 is 5.32 Å². The number of aryl methyl sites for hydroxylation is 1. The van der Waals surface area contributed by atoms with E-state index in [2.05, 4.69) is 31.3 Å². The maximum absolute atomic E-state index is 13.5. The van der Waals surface area contributed by atoms with Gasteiger partial charge >= 0.3 is 0 Å². The first kappa shape index (κ1) is 15.0. The summed E-state index contributed by atoms with van der Waals surface area (Å²) in [5.74, 6) is -0.267. The molecule has 0 atom stereocenters. The smallest absolute Gasteiger partial charge is 0.127 e. The van der Waals surface area contributed by atoms with Crippen molar-refractivity contribution in [3.8, 4) is 11.1 Å². The second-order valence-corrected chi connectivity index (χ2v) is 5.72. The van der Waals surface area contributed by atoms with Crippen LogP contribution in [0.25, 0.3) is 11.1 Å². The van der Waals surface area contributed by atoms with Crippen LogP contribution in [0.15, 0.2) is 36.4 Å². The summed E-state index contributed by atoms with van der Waals surface area (Å²) in [5.41, 5.74) is 3.68. The minimum atomic E-state index is -0.267. The molecule has 0 spiro atoms. The Morgan fingerprint density at radius 3 is 2.65 bits per heavy atom. The lowest BCUT2D eigenvalue weighted by molar-refractivity contribution is 0.589. The quantitative estimate of drug-likeness (QED) is 0.840. The van der Waals surface area contributed by atoms with Gasteiger partial charge in [-0.25, -0.2) is 4.39 Å². The zero-order valence-electron chi connectivity index (χ0n) is 12.0. The molecule has 3 heteroatoms. The Labute approximate surface area is 124 Å². The monoisotopic (exact) mass is 291 g/mol. The van der Waals surface area contributed by atoms with Crippen molar-refractivity contribution >= 4 is 11.6 Å². The highest BCUT2D eigenvalue weighted by Crippen LogP contribution is 2.30. The van der Waals surface area contributed by atoms with Crippen LogP contribution in [-0.2, 0) is 6.54 Å². The van der Waals surface area contributed by atoms with Crippen molar-refractivity contribution in [1.82, 2.24) is 5.32 Å². The van der Waals surface area contributed by atoms with Gasteiger partial charge in [-0.05, 0) is 41.8 Å². The fraction of sp³-hybridized carbons (Fsp3) is 0.294. The van der Waals surface area contributed by atoms with Crippen LogP contribution in [0.3, 0.4) is 0 Å². The van der Waals surface area contributed by atoms with Crippen LogP contribution in [0, 0.1) is 12.7 Å². The summed E-state index contributed by atoms with van der Waals surface area (Å²) in [4.78, 5) is 0. The Morgan fingerprint density at radius 2 is 1.95 bits per heavy atom. The molecule has 0 radical (unpaired) electrons. The predicted octanol–water partition coefficient (Wildman–Crippen LogP) is 4.95. The normalized spacial score (nSPS) is 11.1. The highest BCUT2D eigenvalue weighted by molar-refractivity contribution is 6.33. The van der Waals surface area contributed by atoms with Crippen molar-refractivity contribution in [1.29, 1.82) is 0 Å². The number of benzene rings is 2. The number of rotatable bonds is 4. The van der Waals surface area contributed by atoms with Crippen LogP contribution in [0.4, 0.5) is 4.39 Å². The van der Waals surface area contributed by atoms with E-state index in [1.54, 1.807) is 13.0 Å². The largest absolute Gasteiger partial charge is 0.310 e. The average molecular weight is 292 g/mol. The van der Waals surface area contributed by atoms with Gasteiger partial charge in [0.1, 0.15) is 5.82 Å². The molecule has 0 amide bonds. The highest BCUT2D eigenvalue weighted by atomic mass is 35.5. The molecular formula is C17H19ClFN. The fourth-order valence-corrected chi connectivity index (χ4v) is 2.31. The van der Waals surface area contributed by atoms with Crippen LogP contribution in [0.1, 0.15) is 25.0 Å². The minimum absolute atomic E-state index is 0.267. The molecule has 0 unspecified atom stereocenters. The van der Waals surface area contributed by atoms with Gasteiger partial charge in [-0.3, -0.25) is 0 Å². The summed E-state index contributed by atoms with van der Waals surface area (Å²) in [7, 11) is 0. The van der Waals surface area contributed by atoms with Gasteiger partial charge in [-0.15, -0.1) is 0 Å². The van der Waals surface area contributed by atoms with Crippen molar-refractivity contribution in [2.45, 2.75) is 33.4 Å². The third-order valence-corrected chi connectivity index (χ3v) is 3.51. The molecule has 0 saturated heterocycles. The summed E-state index contributed by atoms with van der Waals surface area (Å²) in [6.07, 6.45) is 0. The Kier molecular flexibility index (Phi) is 4.79. The number of halogens is 2. The molecule has 2 aromatic rings. The van der Waals surface area contributed by atoms with E-state index in [1.165, 1.54) is 11.6 Å². The SMILES string of the molecule is Cc1cc(-c2cccc(CNC(C)C)c2)c(Cl)cc1F. The summed E-state index contributed by atoms with van der Waals surface area (Å²) in [6, 6.07) is 11.8. The molecule has 1 N–H and O–H groups in total. The molecule has 2 aromatic carbocycles. The van der Waals surface area contributed by atoms with Crippen LogP contribution in [-0.4, -0.2) is 6.04 Å². The van der Waals surface area contributed by atoms with Crippen LogP contribution in [0.5, 0.6) is 0 Å². The van der Waals surface area contributed by atoms with Crippen molar-refractivity contribution in [2.75, 3.05) is 0 Å². The van der Waals surface area contributed by atoms with Crippen molar-refractivity contribution in [3.05, 3.63) is 58.4 Å². The molecule has 0 heterocycles. The van der Waals surface area contributed by atoms with E-state index >= 15 is 0 Å². The van der Waals surface area contributed by atoms with Crippen LogP contribution >= 0.6 is 11.6 Å². The molecule has 1 nitrogen and oxygen atoms in total. The molecule has 0 aromatic heterocycles. The molecule has 0 saturated carbocycles. The first-order valence-electron chi connectivity index (χ1n) is 6.75. The summed E-state index contributed by atoms with van der Waals surface area (Å²) in [5, 5.41) is 3.83. The first-order valence-corrected chi connectivity index (χ1v) is 7.13. The standard InChI is InChI=1S/C17H19ClFN/c1-11(2)20-10-13-5-4-6-14(8-13)15-7-12(3)17(19)9-16(15)18/h4-9,11,20H,10H2,1-3H3. The Morgan fingerprint density at radius 1 is 1.20 bits per heavy atom. The second-order valence-electron chi connectivity index (χ2n) is 5.32. The predicted molar refractivity (Wildman–Crippen MR) is 83.6 cm³/mol. The Balaban J connectivity index is 2.33. The molecule has 0 fully saturated rings. The first-order chi connectivity index (χ1) is 9.47. The molecular weight excluding hydrogens is 273 g/mol. The number of hydrogen-bond donors (Lipinski definition) is 1. The van der Waals surface area contributed by atoms with E-state index in [-0.39, 0.29) is 5.82 Å². The van der Waals surface area contributed by atoms with E-state index < -0.39 is 0 Å². The molecule has 0 aliphatic carbocycles. The van der Waals surface area contributed by atoms with Gasteiger partial charge in [-0.2, -0.15) is 0 Å². The molecule has 0 aliphatic rings. The van der Waals surface area contributed by atoms with E-state index in [4.69, 9.17) is 11.6 Å². The number of hydrogen-bond acceptors (Lipinski definition) is 1. The van der Waals surface area contributed by atoms with Crippen molar-refractivity contribution in [3.63, 3.8) is 0 Å². The van der Waals surface area contributed by atoms with Gasteiger partial charge in [0.05, 0.1) is 5.02 Å². The molecule has 0 bridgehead atoms. The average Bonchev–Trinajstić information content (AvgIpc) is 2.41. The van der Waals surface area contributed by atoms with Gasteiger partial charge in [0, 0.05) is 18.2 Å². The maximum Gasteiger partial charge on any atom is 0.127 e. The lowest BCUT2D eigenvalue weighted by Crippen LogP contribution is -2.21. The Bertz CT molecular complexity index is 608. The highest BCUT2D eigenvalue weighted by Gasteiger charge is 2.08. The molecule has 0 aliphatic heterocycles. The van der Waals surface area contributed by atoms with Gasteiger partial charge in [0.15, 0.2) is 0 Å². The molecule has 20 heavy (non-hydrogen) atoms. The summed E-state index contributed by atoms with van der Waals surface area (Å²) in [6.45, 7) is 6.79. The third-order valence-electron chi connectivity index (χ3n) is 3.20.